The lowest BCUT2D eigenvalue weighted by Gasteiger charge is -2.09. The van der Waals surface area contributed by atoms with Crippen LogP contribution in [0.3, 0.4) is 0 Å². The van der Waals surface area contributed by atoms with E-state index in [1.165, 1.54) is 17.8 Å². The molecule has 0 aromatic heterocycles. The molecule has 1 N–H and O–H groups in total. The summed E-state index contributed by atoms with van der Waals surface area (Å²) >= 11 is 7.08. The zero-order valence-corrected chi connectivity index (χ0v) is 14.0. The SMILES string of the molecule is Cc1ccc(C)c(NC(=O)CSCc2ccc(Cl)cc2F)c1. The van der Waals surface area contributed by atoms with Gasteiger partial charge in [-0.2, -0.15) is 0 Å². The lowest BCUT2D eigenvalue weighted by atomic mass is 10.1. The number of aryl methyl sites for hydroxylation is 2. The van der Waals surface area contributed by atoms with Gasteiger partial charge in [0.1, 0.15) is 5.82 Å². The van der Waals surface area contributed by atoms with Gasteiger partial charge in [-0.3, -0.25) is 4.79 Å². The molecule has 0 aliphatic heterocycles. The van der Waals surface area contributed by atoms with Crippen LogP contribution in [0.1, 0.15) is 16.7 Å². The van der Waals surface area contributed by atoms with Crippen LogP contribution in [0.5, 0.6) is 0 Å². The lowest BCUT2D eigenvalue weighted by Crippen LogP contribution is -2.15. The van der Waals surface area contributed by atoms with Crippen molar-refractivity contribution < 1.29 is 9.18 Å². The van der Waals surface area contributed by atoms with E-state index in [9.17, 15) is 9.18 Å². The van der Waals surface area contributed by atoms with E-state index < -0.39 is 0 Å². The topological polar surface area (TPSA) is 29.1 Å². The normalized spacial score (nSPS) is 10.5. The molecule has 116 valence electrons. The van der Waals surface area contributed by atoms with Crippen molar-refractivity contribution in [2.45, 2.75) is 19.6 Å². The maximum absolute atomic E-state index is 13.6. The minimum atomic E-state index is -0.338. The van der Waals surface area contributed by atoms with Crippen molar-refractivity contribution in [1.82, 2.24) is 0 Å². The van der Waals surface area contributed by atoms with Crippen LogP contribution in [0.4, 0.5) is 10.1 Å². The number of hydrogen-bond acceptors (Lipinski definition) is 2. The number of hydrogen-bond donors (Lipinski definition) is 1. The number of rotatable bonds is 5. The summed E-state index contributed by atoms with van der Waals surface area (Å²) in [6, 6.07) is 10.5. The Balaban J connectivity index is 1.86. The van der Waals surface area contributed by atoms with Crippen molar-refractivity contribution in [3.63, 3.8) is 0 Å². The number of amides is 1. The summed E-state index contributed by atoms with van der Waals surface area (Å²) in [5.41, 5.74) is 3.49. The molecule has 0 unspecified atom stereocenters. The van der Waals surface area contributed by atoms with Crippen LogP contribution in [-0.2, 0) is 10.5 Å². The predicted molar refractivity (Wildman–Crippen MR) is 92.1 cm³/mol. The molecule has 5 heteroatoms. The van der Waals surface area contributed by atoms with Crippen LogP contribution in [-0.4, -0.2) is 11.7 Å². The van der Waals surface area contributed by atoms with Crippen LogP contribution in [0.25, 0.3) is 0 Å². The van der Waals surface area contributed by atoms with E-state index in [0.717, 1.165) is 16.8 Å². The third kappa shape index (κ3) is 4.75. The summed E-state index contributed by atoms with van der Waals surface area (Å²) in [6.45, 7) is 3.93. The van der Waals surface area contributed by atoms with Gasteiger partial charge in [0.25, 0.3) is 0 Å². The molecule has 0 aliphatic carbocycles. The number of benzene rings is 2. The molecule has 0 aliphatic rings. The highest BCUT2D eigenvalue weighted by molar-refractivity contribution is 7.99. The van der Waals surface area contributed by atoms with Crippen molar-refractivity contribution in [2.75, 3.05) is 11.1 Å². The van der Waals surface area contributed by atoms with Gasteiger partial charge in [0.05, 0.1) is 5.75 Å². The van der Waals surface area contributed by atoms with Gasteiger partial charge >= 0.3 is 0 Å². The first-order valence-corrected chi connectivity index (χ1v) is 8.38. The van der Waals surface area contributed by atoms with Crippen LogP contribution in [0, 0.1) is 19.7 Å². The molecule has 0 bridgehead atoms. The minimum Gasteiger partial charge on any atom is -0.325 e. The summed E-state index contributed by atoms with van der Waals surface area (Å²) in [4.78, 5) is 12.0. The van der Waals surface area contributed by atoms with Crippen molar-refractivity contribution in [3.8, 4) is 0 Å². The molecule has 0 heterocycles. The molecule has 0 spiro atoms. The Kier molecular flexibility index (Phi) is 5.86. The van der Waals surface area contributed by atoms with Crippen molar-refractivity contribution in [2.24, 2.45) is 0 Å². The molecule has 0 saturated heterocycles. The van der Waals surface area contributed by atoms with Gasteiger partial charge in [-0.1, -0.05) is 29.8 Å². The third-order valence-corrected chi connectivity index (χ3v) is 4.39. The van der Waals surface area contributed by atoms with E-state index in [1.54, 1.807) is 12.1 Å². The zero-order valence-electron chi connectivity index (χ0n) is 12.5. The van der Waals surface area contributed by atoms with Crippen LogP contribution in [0.15, 0.2) is 36.4 Å². The maximum atomic E-state index is 13.6. The molecule has 2 aromatic carbocycles. The second kappa shape index (κ2) is 7.65. The quantitative estimate of drug-likeness (QED) is 0.834. The molecule has 2 nitrogen and oxygen atoms in total. The summed E-state index contributed by atoms with van der Waals surface area (Å²) < 4.78 is 13.6. The van der Waals surface area contributed by atoms with Gasteiger partial charge in [-0.15, -0.1) is 11.8 Å². The standard InChI is InChI=1S/C17H17ClFNOS/c1-11-3-4-12(2)16(7-11)20-17(21)10-22-9-13-5-6-14(18)8-15(13)19/h3-8H,9-10H2,1-2H3,(H,20,21). The summed E-state index contributed by atoms with van der Waals surface area (Å²) in [5, 5.41) is 3.26. The molecule has 0 atom stereocenters. The number of carbonyl (C=O) groups excluding carboxylic acids is 1. The minimum absolute atomic E-state index is 0.0897. The molecular weight excluding hydrogens is 321 g/mol. The Bertz CT molecular complexity index is 690. The first-order chi connectivity index (χ1) is 10.5. The monoisotopic (exact) mass is 337 g/mol. The highest BCUT2D eigenvalue weighted by atomic mass is 35.5. The third-order valence-electron chi connectivity index (χ3n) is 3.17. The van der Waals surface area contributed by atoms with Gasteiger partial charge in [0.15, 0.2) is 0 Å². The molecule has 2 rings (SSSR count). The Labute approximate surface area is 139 Å². The highest BCUT2D eigenvalue weighted by Gasteiger charge is 2.07. The fourth-order valence-electron chi connectivity index (χ4n) is 1.95. The van der Waals surface area contributed by atoms with E-state index >= 15 is 0 Å². The molecular formula is C17H17ClFNOS. The number of nitrogens with one attached hydrogen (secondary N) is 1. The van der Waals surface area contributed by atoms with Gasteiger partial charge < -0.3 is 5.32 Å². The van der Waals surface area contributed by atoms with Crippen LogP contribution >= 0.6 is 23.4 Å². The van der Waals surface area contributed by atoms with E-state index in [0.29, 0.717) is 16.3 Å². The average Bonchev–Trinajstić information content (AvgIpc) is 2.45. The molecule has 1 amide bonds. The Morgan fingerprint density at radius 2 is 2.00 bits per heavy atom. The zero-order chi connectivity index (χ0) is 16.1. The Morgan fingerprint density at radius 1 is 1.23 bits per heavy atom. The summed E-state index contributed by atoms with van der Waals surface area (Å²) in [5.74, 6) is 0.279. The van der Waals surface area contributed by atoms with Crippen LogP contribution < -0.4 is 5.32 Å². The van der Waals surface area contributed by atoms with Crippen molar-refractivity contribution >= 4 is 35.0 Å². The van der Waals surface area contributed by atoms with Gasteiger partial charge in [0.2, 0.25) is 5.91 Å². The van der Waals surface area contributed by atoms with E-state index in [1.807, 2.05) is 32.0 Å². The Morgan fingerprint density at radius 3 is 2.73 bits per heavy atom. The first-order valence-electron chi connectivity index (χ1n) is 6.84. The highest BCUT2D eigenvalue weighted by Crippen LogP contribution is 2.20. The molecule has 2 aromatic rings. The second-order valence-electron chi connectivity index (χ2n) is 5.10. The predicted octanol–water partition coefficient (Wildman–Crippen LogP) is 4.97. The molecule has 0 fully saturated rings. The maximum Gasteiger partial charge on any atom is 0.234 e. The van der Waals surface area contributed by atoms with Crippen molar-refractivity contribution in [3.05, 3.63) is 63.9 Å². The number of carbonyl (C=O) groups is 1. The number of anilines is 1. The van der Waals surface area contributed by atoms with Gasteiger partial charge in [0, 0.05) is 16.5 Å². The average molecular weight is 338 g/mol. The largest absolute Gasteiger partial charge is 0.325 e. The first kappa shape index (κ1) is 16.8. The van der Waals surface area contributed by atoms with Gasteiger partial charge in [-0.25, -0.2) is 4.39 Å². The second-order valence-corrected chi connectivity index (χ2v) is 6.52. The van der Waals surface area contributed by atoms with E-state index in [2.05, 4.69) is 5.32 Å². The Hall–Kier alpha value is -1.52. The van der Waals surface area contributed by atoms with Crippen molar-refractivity contribution in [1.29, 1.82) is 0 Å². The number of thioether (sulfide) groups is 1. The fourth-order valence-corrected chi connectivity index (χ4v) is 2.92. The lowest BCUT2D eigenvalue weighted by molar-refractivity contribution is -0.113. The van der Waals surface area contributed by atoms with Gasteiger partial charge in [-0.05, 0) is 48.7 Å². The molecule has 0 saturated carbocycles. The molecule has 0 radical (unpaired) electrons. The summed E-state index contributed by atoms with van der Waals surface area (Å²) in [7, 11) is 0. The smallest absolute Gasteiger partial charge is 0.234 e. The van der Waals surface area contributed by atoms with E-state index in [4.69, 9.17) is 11.6 Å². The van der Waals surface area contributed by atoms with E-state index in [-0.39, 0.29) is 17.5 Å². The molecule has 22 heavy (non-hydrogen) atoms. The van der Waals surface area contributed by atoms with Crippen LogP contribution in [0.2, 0.25) is 5.02 Å². The number of halogens is 2. The summed E-state index contributed by atoms with van der Waals surface area (Å²) in [6.07, 6.45) is 0. The fraction of sp³-hybridized carbons (Fsp3) is 0.235.